The molecule has 0 saturated heterocycles. The summed E-state index contributed by atoms with van der Waals surface area (Å²) in [6, 6.07) is 18.9. The van der Waals surface area contributed by atoms with Gasteiger partial charge < -0.3 is 10.2 Å². The summed E-state index contributed by atoms with van der Waals surface area (Å²) < 4.78 is 15.3. The molecule has 0 saturated carbocycles. The van der Waals surface area contributed by atoms with E-state index in [1.165, 1.54) is 12.1 Å². The van der Waals surface area contributed by atoms with E-state index in [1.807, 2.05) is 46.7 Å². The van der Waals surface area contributed by atoms with Crippen molar-refractivity contribution in [1.29, 1.82) is 0 Å². The summed E-state index contributed by atoms with van der Waals surface area (Å²) >= 11 is 0. The molecule has 7 heteroatoms. The number of fused-ring (bicyclic) bond motifs is 1. The number of rotatable bonds is 9. The molecule has 198 valence electrons. The molecule has 3 aromatic carbocycles. The minimum Gasteiger partial charge on any atom is -0.342 e. The fourth-order valence-corrected chi connectivity index (χ4v) is 4.61. The van der Waals surface area contributed by atoms with Crippen molar-refractivity contribution in [2.24, 2.45) is 11.8 Å². The van der Waals surface area contributed by atoms with Crippen LogP contribution in [0.1, 0.15) is 49.4 Å². The minimum absolute atomic E-state index is 0.116. The zero-order chi connectivity index (χ0) is 27.4. The van der Waals surface area contributed by atoms with Crippen LogP contribution in [-0.4, -0.2) is 39.4 Å². The number of nitrogens with one attached hydrogen (secondary N) is 1. The molecule has 0 bridgehead atoms. The van der Waals surface area contributed by atoms with Gasteiger partial charge in [-0.1, -0.05) is 39.8 Å². The predicted molar refractivity (Wildman–Crippen MR) is 150 cm³/mol. The molecule has 2 amide bonds. The van der Waals surface area contributed by atoms with E-state index in [-0.39, 0.29) is 17.6 Å². The van der Waals surface area contributed by atoms with E-state index in [0.717, 1.165) is 41.2 Å². The van der Waals surface area contributed by atoms with Crippen LogP contribution in [0, 0.1) is 24.6 Å². The number of carbonyl (C=O) groups excluding carboxylic acids is 2. The molecule has 38 heavy (non-hydrogen) atoms. The van der Waals surface area contributed by atoms with Crippen LogP contribution in [0.4, 0.5) is 10.1 Å². The highest BCUT2D eigenvalue weighted by molar-refractivity contribution is 6.06. The highest BCUT2D eigenvalue weighted by Crippen LogP contribution is 2.23. The first-order valence-electron chi connectivity index (χ1n) is 13.0. The lowest BCUT2D eigenvalue weighted by atomic mass is 10.1. The molecule has 4 rings (SSSR count). The van der Waals surface area contributed by atoms with E-state index in [9.17, 15) is 14.0 Å². The highest BCUT2D eigenvalue weighted by atomic mass is 19.1. The SMILES string of the molecule is Cc1nc2ccc(C(=O)Nc3ccc(CC(=O)N(CC(C)C)CC(C)C)cc3)cc2n1-c1ccc(F)cc1. The van der Waals surface area contributed by atoms with Crippen LogP contribution in [0.25, 0.3) is 16.7 Å². The number of amides is 2. The maximum absolute atomic E-state index is 13.4. The molecule has 1 heterocycles. The van der Waals surface area contributed by atoms with Crippen LogP contribution in [0.2, 0.25) is 0 Å². The van der Waals surface area contributed by atoms with Gasteiger partial charge >= 0.3 is 0 Å². The van der Waals surface area contributed by atoms with Gasteiger partial charge in [0.15, 0.2) is 0 Å². The van der Waals surface area contributed by atoms with Gasteiger partial charge in [0.1, 0.15) is 11.6 Å². The molecule has 0 aliphatic rings. The maximum atomic E-state index is 13.4. The number of imidazole rings is 1. The molecule has 0 radical (unpaired) electrons. The number of anilines is 1. The standard InChI is InChI=1S/C31H35FN4O2/c1-20(2)18-35(19-21(3)4)30(37)16-23-6-11-26(12-7-23)34-31(38)24-8-15-28-29(17-24)36(22(5)33-28)27-13-9-25(32)10-14-27/h6-15,17,20-21H,16,18-19H2,1-5H3,(H,34,38). The first-order valence-corrected chi connectivity index (χ1v) is 13.0. The molecule has 0 unspecified atom stereocenters. The Balaban J connectivity index is 1.47. The quantitative estimate of drug-likeness (QED) is 0.281. The summed E-state index contributed by atoms with van der Waals surface area (Å²) in [4.78, 5) is 32.5. The van der Waals surface area contributed by atoms with Gasteiger partial charge in [-0.15, -0.1) is 0 Å². The summed E-state index contributed by atoms with van der Waals surface area (Å²) in [7, 11) is 0. The lowest BCUT2D eigenvalue weighted by molar-refractivity contribution is -0.131. The fraction of sp³-hybridized carbons (Fsp3) is 0.323. The first-order chi connectivity index (χ1) is 18.1. The van der Waals surface area contributed by atoms with Crippen LogP contribution >= 0.6 is 0 Å². The van der Waals surface area contributed by atoms with Gasteiger partial charge in [0.05, 0.1) is 17.5 Å². The van der Waals surface area contributed by atoms with E-state index in [4.69, 9.17) is 0 Å². The summed E-state index contributed by atoms with van der Waals surface area (Å²) in [5, 5.41) is 2.94. The van der Waals surface area contributed by atoms with Gasteiger partial charge in [0, 0.05) is 30.0 Å². The number of aryl methyl sites for hydroxylation is 1. The predicted octanol–water partition coefficient (Wildman–Crippen LogP) is 6.41. The third kappa shape index (κ3) is 6.46. The smallest absolute Gasteiger partial charge is 0.255 e. The van der Waals surface area contributed by atoms with E-state index in [2.05, 4.69) is 38.0 Å². The average molecular weight is 515 g/mol. The van der Waals surface area contributed by atoms with Crippen molar-refractivity contribution in [2.45, 2.75) is 41.0 Å². The molecule has 0 atom stereocenters. The van der Waals surface area contributed by atoms with Crippen LogP contribution in [0.5, 0.6) is 0 Å². The lowest BCUT2D eigenvalue weighted by Gasteiger charge is -2.26. The van der Waals surface area contributed by atoms with Gasteiger partial charge in [0.25, 0.3) is 5.91 Å². The highest BCUT2D eigenvalue weighted by Gasteiger charge is 2.17. The summed E-state index contributed by atoms with van der Waals surface area (Å²) in [6.07, 6.45) is 0.330. The zero-order valence-corrected chi connectivity index (χ0v) is 22.7. The van der Waals surface area contributed by atoms with E-state index in [0.29, 0.717) is 29.5 Å². The third-order valence-corrected chi connectivity index (χ3v) is 6.26. The Morgan fingerprint density at radius 3 is 2.16 bits per heavy atom. The van der Waals surface area contributed by atoms with Crippen LogP contribution in [-0.2, 0) is 11.2 Å². The molecule has 0 aliphatic carbocycles. The van der Waals surface area contributed by atoms with E-state index < -0.39 is 0 Å². The van der Waals surface area contributed by atoms with Crippen molar-refractivity contribution in [3.63, 3.8) is 0 Å². The van der Waals surface area contributed by atoms with Crippen LogP contribution in [0.15, 0.2) is 66.7 Å². The zero-order valence-electron chi connectivity index (χ0n) is 22.7. The Labute approximate surface area is 223 Å². The number of benzene rings is 3. The van der Waals surface area contributed by atoms with Gasteiger partial charge in [0.2, 0.25) is 5.91 Å². The maximum Gasteiger partial charge on any atom is 0.255 e. The topological polar surface area (TPSA) is 67.2 Å². The summed E-state index contributed by atoms with van der Waals surface area (Å²) in [5.74, 6) is 1.12. The molecule has 0 spiro atoms. The lowest BCUT2D eigenvalue weighted by Crippen LogP contribution is -2.37. The normalized spacial score (nSPS) is 11.4. The Hall–Kier alpha value is -4.00. The molecule has 1 aromatic heterocycles. The molecule has 0 fully saturated rings. The summed E-state index contributed by atoms with van der Waals surface area (Å²) in [5.41, 5.74) is 4.33. The van der Waals surface area contributed by atoms with E-state index >= 15 is 0 Å². The molecule has 0 aliphatic heterocycles. The average Bonchev–Trinajstić information content (AvgIpc) is 3.19. The van der Waals surface area contributed by atoms with Crippen LogP contribution < -0.4 is 5.32 Å². The number of carbonyl (C=O) groups is 2. The molecule has 1 N–H and O–H groups in total. The van der Waals surface area contributed by atoms with Crippen molar-refractivity contribution in [3.8, 4) is 5.69 Å². The number of hydrogen-bond acceptors (Lipinski definition) is 3. The Morgan fingerprint density at radius 1 is 0.921 bits per heavy atom. The largest absolute Gasteiger partial charge is 0.342 e. The summed E-state index contributed by atoms with van der Waals surface area (Å²) in [6.45, 7) is 11.8. The molecular formula is C31H35FN4O2. The van der Waals surface area contributed by atoms with Crippen LogP contribution in [0.3, 0.4) is 0 Å². The van der Waals surface area contributed by atoms with Gasteiger partial charge in [-0.2, -0.15) is 0 Å². The minimum atomic E-state index is -0.310. The molecule has 4 aromatic rings. The first kappa shape index (κ1) is 27.0. The Bertz CT molecular complexity index is 1410. The van der Waals surface area contributed by atoms with Crippen molar-refractivity contribution < 1.29 is 14.0 Å². The monoisotopic (exact) mass is 514 g/mol. The number of aromatic nitrogens is 2. The Kier molecular flexibility index (Phi) is 8.25. The van der Waals surface area contributed by atoms with Crippen molar-refractivity contribution in [2.75, 3.05) is 18.4 Å². The molecular weight excluding hydrogens is 479 g/mol. The second-order valence-electron chi connectivity index (χ2n) is 10.6. The van der Waals surface area contributed by atoms with Gasteiger partial charge in [-0.05, 0) is 78.9 Å². The molecule has 6 nitrogen and oxygen atoms in total. The van der Waals surface area contributed by atoms with Crippen molar-refractivity contribution in [3.05, 3.63) is 89.5 Å². The number of hydrogen-bond donors (Lipinski definition) is 1. The second-order valence-corrected chi connectivity index (χ2v) is 10.6. The van der Waals surface area contributed by atoms with Gasteiger partial charge in [-0.25, -0.2) is 9.37 Å². The van der Waals surface area contributed by atoms with Crippen molar-refractivity contribution >= 4 is 28.5 Å². The third-order valence-electron chi connectivity index (χ3n) is 6.26. The fourth-order valence-electron chi connectivity index (χ4n) is 4.61. The number of halogens is 1. The number of nitrogens with zero attached hydrogens (tertiary/aromatic N) is 3. The second kappa shape index (κ2) is 11.6. The van der Waals surface area contributed by atoms with Gasteiger partial charge in [-0.3, -0.25) is 14.2 Å². The van der Waals surface area contributed by atoms with Crippen molar-refractivity contribution in [1.82, 2.24) is 14.5 Å². The Morgan fingerprint density at radius 2 is 1.55 bits per heavy atom. The van der Waals surface area contributed by atoms with E-state index in [1.54, 1.807) is 24.3 Å².